The molecule has 3 heterocycles. The predicted molar refractivity (Wildman–Crippen MR) is 80.1 cm³/mol. The zero-order valence-electron chi connectivity index (χ0n) is 10.9. The molecule has 0 aromatic carbocycles. The Morgan fingerprint density at radius 2 is 2.32 bits per heavy atom. The number of nitriles is 1. The molecule has 0 bridgehead atoms. The maximum atomic E-state index is 12.7. The van der Waals surface area contributed by atoms with Crippen LogP contribution in [-0.4, -0.2) is 21.3 Å². The smallest absolute Gasteiger partial charge is 0.137 e. The Morgan fingerprint density at radius 1 is 1.53 bits per heavy atom. The van der Waals surface area contributed by atoms with Gasteiger partial charge in [0.05, 0.1) is 4.88 Å². The Balaban J connectivity index is 2.17. The third kappa shape index (κ3) is 2.12. The van der Waals surface area contributed by atoms with Crippen LogP contribution in [0.1, 0.15) is 36.4 Å². The quantitative estimate of drug-likeness (QED) is 0.738. The molecule has 19 heavy (non-hydrogen) atoms. The number of hydrogen-bond donors (Lipinski definition) is 0. The van der Waals surface area contributed by atoms with Gasteiger partial charge in [-0.25, -0.2) is 0 Å². The first-order valence-corrected chi connectivity index (χ1v) is 9.35. The van der Waals surface area contributed by atoms with E-state index in [1.54, 1.807) is 17.8 Å². The number of ether oxygens (including phenoxy) is 1. The average Bonchev–Trinajstić information content (AvgIpc) is 2.75. The van der Waals surface area contributed by atoms with Gasteiger partial charge in [-0.1, -0.05) is 0 Å². The highest BCUT2D eigenvalue weighted by molar-refractivity contribution is 8.12. The number of fused-ring (bicyclic) bond motifs is 2. The van der Waals surface area contributed by atoms with Gasteiger partial charge in [-0.3, -0.25) is 4.21 Å². The minimum absolute atomic E-state index is 0.333. The van der Waals surface area contributed by atoms with Crippen molar-refractivity contribution in [1.82, 2.24) is 0 Å². The Morgan fingerprint density at radius 3 is 3.00 bits per heavy atom. The zero-order chi connectivity index (χ0) is 13.7. The van der Waals surface area contributed by atoms with Gasteiger partial charge in [-0.15, -0.1) is 23.1 Å². The first-order chi connectivity index (χ1) is 8.97. The Labute approximate surface area is 123 Å². The average molecular weight is 313 g/mol. The van der Waals surface area contributed by atoms with Gasteiger partial charge in [0.1, 0.15) is 26.4 Å². The van der Waals surface area contributed by atoms with Crippen molar-refractivity contribution in [3.63, 3.8) is 0 Å². The summed E-state index contributed by atoms with van der Waals surface area (Å²) in [6.07, 6.45) is 1.75. The molecule has 3 nitrogen and oxygen atoms in total. The molecule has 1 aromatic heterocycles. The fourth-order valence-electron chi connectivity index (χ4n) is 2.70. The summed E-state index contributed by atoms with van der Waals surface area (Å²) < 4.78 is 18.3. The van der Waals surface area contributed by atoms with Crippen molar-refractivity contribution in [2.45, 2.75) is 36.4 Å². The lowest BCUT2D eigenvalue weighted by molar-refractivity contribution is 0.0799. The van der Waals surface area contributed by atoms with Crippen molar-refractivity contribution in [3.05, 3.63) is 15.8 Å². The van der Waals surface area contributed by atoms with Crippen LogP contribution in [-0.2, 0) is 14.9 Å². The number of rotatable bonds is 0. The van der Waals surface area contributed by atoms with Gasteiger partial charge in [0.15, 0.2) is 0 Å². The maximum Gasteiger partial charge on any atom is 0.137 e. The molecular weight excluding hydrogens is 298 g/mol. The van der Waals surface area contributed by atoms with Gasteiger partial charge in [0.2, 0.25) is 0 Å². The van der Waals surface area contributed by atoms with Crippen LogP contribution in [0.5, 0.6) is 5.75 Å². The highest BCUT2D eigenvalue weighted by Gasteiger charge is 2.52. The first kappa shape index (κ1) is 13.5. The molecule has 0 amide bonds. The molecule has 0 saturated carbocycles. The van der Waals surface area contributed by atoms with E-state index < -0.39 is 10.8 Å². The van der Waals surface area contributed by atoms with Crippen LogP contribution in [0.4, 0.5) is 0 Å². The lowest BCUT2D eigenvalue weighted by Crippen LogP contribution is -2.46. The molecule has 2 unspecified atom stereocenters. The van der Waals surface area contributed by atoms with E-state index in [0.29, 0.717) is 4.88 Å². The predicted octanol–water partition coefficient (Wildman–Crippen LogP) is 3.22. The van der Waals surface area contributed by atoms with Crippen LogP contribution in [0.2, 0.25) is 0 Å². The maximum absolute atomic E-state index is 12.7. The largest absolute Gasteiger partial charge is 0.486 e. The minimum atomic E-state index is -0.898. The van der Waals surface area contributed by atoms with E-state index in [0.717, 1.165) is 35.0 Å². The number of hydrogen-bond acceptors (Lipinski definition) is 5. The van der Waals surface area contributed by atoms with Crippen LogP contribution in [0.25, 0.3) is 0 Å². The molecule has 2 aliphatic rings. The summed E-state index contributed by atoms with van der Waals surface area (Å²) in [5.74, 6) is 2.55. The SMILES string of the molecule is CC1(C)CC2(SCCCS2=O)c2sc(C#N)cc2O1. The monoisotopic (exact) mass is 313 g/mol. The van der Waals surface area contributed by atoms with Crippen molar-refractivity contribution in [3.8, 4) is 11.8 Å². The standard InChI is InChI=1S/C13H15NO2S3/c1-12(2)8-13(17-4-3-5-19(13)15)11-10(16-12)6-9(7-14)18-11/h6H,3-5,8H2,1-2H3. The molecule has 0 radical (unpaired) electrons. The molecule has 0 N–H and O–H groups in total. The van der Waals surface area contributed by atoms with Crippen molar-refractivity contribution < 1.29 is 8.95 Å². The van der Waals surface area contributed by atoms with E-state index in [1.807, 2.05) is 13.8 Å². The van der Waals surface area contributed by atoms with Gasteiger partial charge in [-0.2, -0.15) is 5.26 Å². The van der Waals surface area contributed by atoms with E-state index >= 15 is 0 Å². The van der Waals surface area contributed by atoms with Gasteiger partial charge >= 0.3 is 0 Å². The molecule has 2 aliphatic heterocycles. The molecule has 1 saturated heterocycles. The van der Waals surface area contributed by atoms with Gasteiger partial charge in [0, 0.05) is 29.0 Å². The fraction of sp³-hybridized carbons (Fsp3) is 0.615. The molecule has 0 aliphatic carbocycles. The van der Waals surface area contributed by atoms with E-state index in [2.05, 4.69) is 6.07 Å². The second kappa shape index (κ2) is 4.51. The van der Waals surface area contributed by atoms with Crippen LogP contribution < -0.4 is 4.74 Å². The molecule has 102 valence electrons. The van der Waals surface area contributed by atoms with Crippen molar-refractivity contribution in [1.29, 1.82) is 5.26 Å². The third-order valence-corrected chi connectivity index (χ3v) is 8.78. The van der Waals surface area contributed by atoms with Crippen LogP contribution in [0, 0.1) is 11.3 Å². The Hall–Kier alpha value is -0.510. The molecule has 1 aromatic rings. The fourth-order valence-corrected chi connectivity index (χ4v) is 8.33. The van der Waals surface area contributed by atoms with E-state index in [4.69, 9.17) is 10.00 Å². The summed E-state index contributed by atoms with van der Waals surface area (Å²) in [6, 6.07) is 3.98. The van der Waals surface area contributed by atoms with Gasteiger partial charge in [-0.05, 0) is 26.0 Å². The summed E-state index contributed by atoms with van der Waals surface area (Å²) in [7, 11) is -0.898. The van der Waals surface area contributed by atoms with Crippen molar-refractivity contribution in [2.24, 2.45) is 0 Å². The topological polar surface area (TPSA) is 50.1 Å². The molecule has 1 spiro atoms. The molecular formula is C13H15NO2S3. The first-order valence-electron chi connectivity index (χ1n) is 6.23. The molecule has 6 heteroatoms. The normalized spacial score (nSPS) is 32.4. The van der Waals surface area contributed by atoms with Crippen molar-refractivity contribution >= 4 is 33.9 Å². The molecule has 2 atom stereocenters. The number of nitrogens with zero attached hydrogens (tertiary/aromatic N) is 1. The van der Waals surface area contributed by atoms with E-state index in [1.165, 1.54) is 11.3 Å². The summed E-state index contributed by atoms with van der Waals surface area (Å²) >= 11 is 3.23. The van der Waals surface area contributed by atoms with Crippen LogP contribution >= 0.6 is 23.1 Å². The summed E-state index contributed by atoms with van der Waals surface area (Å²) in [4.78, 5) is 1.65. The van der Waals surface area contributed by atoms with Crippen LogP contribution in [0.3, 0.4) is 0 Å². The lowest BCUT2D eigenvalue weighted by Gasteiger charge is -2.44. The van der Waals surface area contributed by atoms with Crippen molar-refractivity contribution in [2.75, 3.05) is 11.5 Å². The number of thiophene rings is 1. The lowest BCUT2D eigenvalue weighted by atomic mass is 9.98. The van der Waals surface area contributed by atoms with Gasteiger partial charge < -0.3 is 4.74 Å². The Bertz CT molecular complexity index is 587. The number of thioether (sulfide) groups is 1. The second-order valence-electron chi connectivity index (χ2n) is 5.46. The highest BCUT2D eigenvalue weighted by Crippen LogP contribution is 2.57. The summed E-state index contributed by atoms with van der Waals surface area (Å²) in [6.45, 7) is 4.07. The molecule has 1 fully saturated rings. The highest BCUT2D eigenvalue weighted by atomic mass is 32.2. The van der Waals surface area contributed by atoms with Crippen LogP contribution in [0.15, 0.2) is 6.07 Å². The van der Waals surface area contributed by atoms with E-state index in [-0.39, 0.29) is 9.68 Å². The Kier molecular flexibility index (Phi) is 3.19. The zero-order valence-corrected chi connectivity index (χ0v) is 13.3. The van der Waals surface area contributed by atoms with Gasteiger partial charge in [0.25, 0.3) is 0 Å². The second-order valence-corrected chi connectivity index (χ2v) is 9.96. The van der Waals surface area contributed by atoms with E-state index in [9.17, 15) is 4.21 Å². The minimum Gasteiger partial charge on any atom is -0.486 e. The summed E-state index contributed by atoms with van der Waals surface area (Å²) in [5, 5.41) is 9.09. The molecule has 3 rings (SSSR count). The summed E-state index contributed by atoms with van der Waals surface area (Å²) in [5.41, 5.74) is -0.333. The third-order valence-electron chi connectivity index (χ3n) is 3.38.